The van der Waals surface area contributed by atoms with E-state index in [1.165, 1.54) is 12.1 Å². The molecule has 0 aliphatic rings. The van der Waals surface area contributed by atoms with Crippen LogP contribution in [0, 0.1) is 22.0 Å². The summed E-state index contributed by atoms with van der Waals surface area (Å²) in [6, 6.07) is 4.38. The second kappa shape index (κ2) is 6.51. The first kappa shape index (κ1) is 13.0. The van der Waals surface area contributed by atoms with Gasteiger partial charge in [0.2, 0.25) is 0 Å². The molecule has 0 aromatic heterocycles. The van der Waals surface area contributed by atoms with Gasteiger partial charge in [-0.1, -0.05) is 11.8 Å². The van der Waals surface area contributed by atoms with E-state index in [4.69, 9.17) is 10.5 Å². The summed E-state index contributed by atoms with van der Waals surface area (Å²) < 4.78 is 5.35. The first-order chi connectivity index (χ1) is 8.19. The minimum atomic E-state index is -0.455. The molecule has 0 aliphatic carbocycles. The number of nitrogens with two attached hydrogens (primary N) is 1. The Morgan fingerprint density at radius 2 is 2.29 bits per heavy atom. The standard InChI is InChI=1S/C12H14N2O3/c1-2-17-12-7-6-11(14(15)16)9-10(12)5-3-4-8-13/h6-7,9H,2,4,8,13H2,1H3. The van der Waals surface area contributed by atoms with Crippen LogP contribution in [0.15, 0.2) is 18.2 Å². The summed E-state index contributed by atoms with van der Waals surface area (Å²) in [4.78, 5) is 10.2. The average Bonchev–Trinajstić information content (AvgIpc) is 2.31. The summed E-state index contributed by atoms with van der Waals surface area (Å²) in [6.07, 6.45) is 0.550. The van der Waals surface area contributed by atoms with E-state index in [-0.39, 0.29) is 5.69 Å². The Balaban J connectivity index is 3.07. The van der Waals surface area contributed by atoms with Crippen LogP contribution in [0.4, 0.5) is 5.69 Å². The number of benzene rings is 1. The Bertz CT molecular complexity index is 461. The minimum Gasteiger partial charge on any atom is -0.493 e. The Morgan fingerprint density at radius 1 is 1.53 bits per heavy atom. The highest BCUT2D eigenvalue weighted by Crippen LogP contribution is 2.23. The molecule has 0 spiro atoms. The van der Waals surface area contributed by atoms with Crippen LogP contribution in [-0.4, -0.2) is 18.1 Å². The Labute approximate surface area is 99.7 Å². The first-order valence-electron chi connectivity index (χ1n) is 5.29. The third-order valence-electron chi connectivity index (χ3n) is 1.97. The lowest BCUT2D eigenvalue weighted by atomic mass is 10.1. The molecule has 2 N–H and O–H groups in total. The topological polar surface area (TPSA) is 78.4 Å². The molecule has 0 radical (unpaired) electrons. The van der Waals surface area contributed by atoms with Crippen molar-refractivity contribution >= 4 is 5.69 Å². The molecular weight excluding hydrogens is 220 g/mol. The maximum absolute atomic E-state index is 10.6. The van der Waals surface area contributed by atoms with Gasteiger partial charge in [-0.3, -0.25) is 10.1 Å². The number of hydrogen-bond donors (Lipinski definition) is 1. The smallest absolute Gasteiger partial charge is 0.270 e. The number of rotatable bonds is 4. The summed E-state index contributed by atoms with van der Waals surface area (Å²) in [7, 11) is 0. The van der Waals surface area contributed by atoms with Gasteiger partial charge in [0.1, 0.15) is 5.75 Å². The third kappa shape index (κ3) is 3.78. The lowest BCUT2D eigenvalue weighted by molar-refractivity contribution is -0.384. The molecule has 0 amide bonds. The predicted molar refractivity (Wildman–Crippen MR) is 64.8 cm³/mol. The molecule has 0 saturated heterocycles. The monoisotopic (exact) mass is 234 g/mol. The summed E-state index contributed by atoms with van der Waals surface area (Å²) in [6.45, 7) is 2.80. The second-order valence-corrected chi connectivity index (χ2v) is 3.21. The SMILES string of the molecule is CCOc1ccc([N+](=O)[O-])cc1C#CCCN. The van der Waals surface area contributed by atoms with E-state index in [1.807, 2.05) is 6.92 Å². The lowest BCUT2D eigenvalue weighted by Crippen LogP contribution is -1.97. The third-order valence-corrected chi connectivity index (χ3v) is 1.97. The van der Waals surface area contributed by atoms with Gasteiger partial charge in [0, 0.05) is 25.1 Å². The van der Waals surface area contributed by atoms with E-state index in [2.05, 4.69) is 11.8 Å². The van der Waals surface area contributed by atoms with Crippen molar-refractivity contribution in [2.75, 3.05) is 13.2 Å². The Hall–Kier alpha value is -2.06. The molecule has 0 atom stereocenters. The van der Waals surface area contributed by atoms with E-state index in [0.29, 0.717) is 30.9 Å². The summed E-state index contributed by atoms with van der Waals surface area (Å²) >= 11 is 0. The van der Waals surface area contributed by atoms with Gasteiger partial charge in [-0.2, -0.15) is 0 Å². The van der Waals surface area contributed by atoms with Crippen LogP contribution in [0.5, 0.6) is 5.75 Å². The van der Waals surface area contributed by atoms with Gasteiger partial charge in [0.05, 0.1) is 17.1 Å². The fraction of sp³-hybridized carbons (Fsp3) is 0.333. The van der Waals surface area contributed by atoms with Crippen LogP contribution < -0.4 is 10.5 Å². The largest absolute Gasteiger partial charge is 0.493 e. The highest BCUT2D eigenvalue weighted by molar-refractivity contribution is 5.52. The molecule has 0 heterocycles. The Kier molecular flexibility index (Phi) is 4.98. The highest BCUT2D eigenvalue weighted by atomic mass is 16.6. The molecule has 5 heteroatoms. The molecule has 0 unspecified atom stereocenters. The minimum absolute atomic E-state index is 0.00509. The van der Waals surface area contributed by atoms with Crippen molar-refractivity contribution in [3.05, 3.63) is 33.9 Å². The van der Waals surface area contributed by atoms with Crippen LogP contribution in [0.25, 0.3) is 0 Å². The van der Waals surface area contributed by atoms with Crippen molar-refractivity contribution in [3.8, 4) is 17.6 Å². The maximum atomic E-state index is 10.6. The molecule has 0 aliphatic heterocycles. The molecule has 1 rings (SSSR count). The zero-order valence-corrected chi connectivity index (χ0v) is 9.60. The first-order valence-corrected chi connectivity index (χ1v) is 5.29. The molecule has 1 aromatic carbocycles. The van der Waals surface area contributed by atoms with E-state index in [1.54, 1.807) is 6.07 Å². The fourth-order valence-electron chi connectivity index (χ4n) is 1.24. The van der Waals surface area contributed by atoms with Gasteiger partial charge >= 0.3 is 0 Å². The normalized spacial score (nSPS) is 9.29. The predicted octanol–water partition coefficient (Wildman–Crippen LogP) is 1.69. The van der Waals surface area contributed by atoms with Gasteiger partial charge in [-0.25, -0.2) is 0 Å². The molecule has 90 valence electrons. The van der Waals surface area contributed by atoms with Crippen LogP contribution in [0.1, 0.15) is 18.9 Å². The zero-order chi connectivity index (χ0) is 12.7. The van der Waals surface area contributed by atoms with Gasteiger partial charge < -0.3 is 10.5 Å². The molecule has 17 heavy (non-hydrogen) atoms. The number of ether oxygens (including phenoxy) is 1. The van der Waals surface area contributed by atoms with E-state index < -0.39 is 4.92 Å². The quantitative estimate of drug-likeness (QED) is 0.488. The van der Waals surface area contributed by atoms with Crippen LogP contribution in [0.2, 0.25) is 0 Å². The van der Waals surface area contributed by atoms with Crippen molar-refractivity contribution in [3.63, 3.8) is 0 Å². The summed E-state index contributed by atoms with van der Waals surface area (Å²) in [5.41, 5.74) is 5.85. The molecule has 1 aromatic rings. The van der Waals surface area contributed by atoms with Crippen molar-refractivity contribution in [2.45, 2.75) is 13.3 Å². The molecule has 0 bridgehead atoms. The van der Waals surface area contributed by atoms with E-state index in [0.717, 1.165) is 0 Å². The van der Waals surface area contributed by atoms with Crippen molar-refractivity contribution in [2.24, 2.45) is 5.73 Å². The van der Waals surface area contributed by atoms with Gasteiger partial charge in [0.25, 0.3) is 5.69 Å². The molecule has 5 nitrogen and oxygen atoms in total. The molecular formula is C12H14N2O3. The van der Waals surface area contributed by atoms with Crippen LogP contribution in [0.3, 0.4) is 0 Å². The van der Waals surface area contributed by atoms with Gasteiger partial charge in [-0.15, -0.1) is 0 Å². The Morgan fingerprint density at radius 3 is 2.88 bits per heavy atom. The van der Waals surface area contributed by atoms with Crippen LogP contribution in [-0.2, 0) is 0 Å². The number of nitro benzene ring substituents is 1. The highest BCUT2D eigenvalue weighted by Gasteiger charge is 2.09. The number of non-ortho nitro benzene ring substituents is 1. The van der Waals surface area contributed by atoms with Gasteiger partial charge in [-0.05, 0) is 13.0 Å². The van der Waals surface area contributed by atoms with Gasteiger partial charge in [0.15, 0.2) is 0 Å². The maximum Gasteiger partial charge on any atom is 0.270 e. The number of nitrogens with zero attached hydrogens (tertiary/aromatic N) is 1. The summed E-state index contributed by atoms with van der Waals surface area (Å²) in [5.74, 6) is 6.23. The number of hydrogen-bond acceptors (Lipinski definition) is 4. The second-order valence-electron chi connectivity index (χ2n) is 3.21. The zero-order valence-electron chi connectivity index (χ0n) is 9.60. The number of nitro groups is 1. The lowest BCUT2D eigenvalue weighted by Gasteiger charge is -2.05. The van der Waals surface area contributed by atoms with Crippen LogP contribution >= 0.6 is 0 Å². The van der Waals surface area contributed by atoms with Crippen molar-refractivity contribution in [1.29, 1.82) is 0 Å². The molecule has 0 fully saturated rings. The summed E-state index contributed by atoms with van der Waals surface area (Å²) in [5, 5.41) is 10.6. The fourth-order valence-corrected chi connectivity index (χ4v) is 1.24. The molecule has 0 saturated carbocycles. The average molecular weight is 234 g/mol. The van der Waals surface area contributed by atoms with E-state index in [9.17, 15) is 10.1 Å². The van der Waals surface area contributed by atoms with Crippen molar-refractivity contribution < 1.29 is 9.66 Å². The van der Waals surface area contributed by atoms with E-state index >= 15 is 0 Å². The van der Waals surface area contributed by atoms with Crippen molar-refractivity contribution in [1.82, 2.24) is 0 Å².